The Balaban J connectivity index is 1.51. The smallest absolute Gasteiger partial charge is 0.270 e. The lowest BCUT2D eigenvalue weighted by Crippen LogP contribution is -2.18. The van der Waals surface area contributed by atoms with Gasteiger partial charge in [-0.2, -0.15) is 0 Å². The van der Waals surface area contributed by atoms with Crippen molar-refractivity contribution in [2.75, 3.05) is 11.1 Å². The van der Waals surface area contributed by atoms with Gasteiger partial charge < -0.3 is 0 Å². The average Bonchev–Trinajstić information content (AvgIpc) is 3.22. The fourth-order valence-electron chi connectivity index (χ4n) is 3.39. The highest BCUT2D eigenvalue weighted by Gasteiger charge is 2.25. The largest absolute Gasteiger partial charge is 0.294 e. The van der Waals surface area contributed by atoms with Crippen molar-refractivity contribution in [2.45, 2.75) is 10.1 Å². The number of aromatic nitrogens is 4. The van der Waals surface area contributed by atoms with E-state index in [1.54, 1.807) is 48.5 Å². The third kappa shape index (κ3) is 4.18. The number of nitrogens with one attached hydrogen (secondary N) is 1. The van der Waals surface area contributed by atoms with Crippen LogP contribution in [0.25, 0.3) is 21.8 Å². The Bertz CT molecular complexity index is 1580. The second kappa shape index (κ2) is 8.64. The van der Waals surface area contributed by atoms with Crippen molar-refractivity contribution in [3.05, 3.63) is 85.2 Å². The van der Waals surface area contributed by atoms with E-state index in [0.717, 1.165) is 22.5 Å². The Labute approximate surface area is 193 Å². The maximum atomic E-state index is 13.7. The summed E-state index contributed by atoms with van der Waals surface area (Å²) in [6.45, 7) is 0. The van der Waals surface area contributed by atoms with Crippen molar-refractivity contribution >= 4 is 55.4 Å². The van der Waals surface area contributed by atoms with Crippen molar-refractivity contribution in [2.24, 2.45) is 0 Å². The summed E-state index contributed by atoms with van der Waals surface area (Å²) in [5, 5.41) is 4.55. The minimum Gasteiger partial charge on any atom is -0.294 e. The standard InChI is InChI=1S/C23H17N5O3S2/c29-21(27-22-24-12-5-13-25-22)15-32-23-26-19-8-3-4-9-20(19)28(23)33(30,31)18-11-10-16-6-1-2-7-17(16)14-18/h1-14H,15H2,(H,24,25,27,29). The van der Waals surface area contributed by atoms with Gasteiger partial charge in [-0.1, -0.05) is 54.2 Å². The summed E-state index contributed by atoms with van der Waals surface area (Å²) in [7, 11) is -3.97. The molecule has 0 atom stereocenters. The monoisotopic (exact) mass is 475 g/mol. The van der Waals surface area contributed by atoms with Gasteiger partial charge in [0, 0.05) is 12.4 Å². The van der Waals surface area contributed by atoms with E-state index in [-0.39, 0.29) is 27.7 Å². The van der Waals surface area contributed by atoms with Crippen molar-refractivity contribution in [3.63, 3.8) is 0 Å². The number of anilines is 1. The first-order valence-electron chi connectivity index (χ1n) is 9.94. The number of nitrogens with zero attached hydrogens (tertiary/aromatic N) is 4. The zero-order chi connectivity index (χ0) is 22.8. The van der Waals surface area contributed by atoms with Gasteiger partial charge in [0.25, 0.3) is 10.0 Å². The Kier molecular flexibility index (Phi) is 5.53. The Morgan fingerprint density at radius 1 is 0.909 bits per heavy atom. The van der Waals surface area contributed by atoms with Crippen LogP contribution < -0.4 is 5.32 Å². The Hall–Kier alpha value is -3.76. The third-order valence-corrected chi connectivity index (χ3v) is 7.65. The minimum absolute atomic E-state index is 0.0607. The number of carbonyl (C=O) groups excluding carboxylic acids is 1. The van der Waals surface area contributed by atoms with E-state index >= 15 is 0 Å². The van der Waals surface area contributed by atoms with E-state index in [0.29, 0.717) is 11.0 Å². The molecule has 0 unspecified atom stereocenters. The summed E-state index contributed by atoms with van der Waals surface area (Å²) in [4.78, 5) is 24.9. The zero-order valence-electron chi connectivity index (χ0n) is 17.1. The molecule has 10 heteroatoms. The molecule has 0 fully saturated rings. The summed E-state index contributed by atoms with van der Waals surface area (Å²) in [5.41, 5.74) is 0.969. The predicted octanol–water partition coefficient (Wildman–Crippen LogP) is 3.95. The first-order valence-corrected chi connectivity index (χ1v) is 12.4. The second-order valence-electron chi connectivity index (χ2n) is 7.07. The molecule has 5 rings (SSSR count). The van der Waals surface area contributed by atoms with Crippen LogP contribution in [0.4, 0.5) is 5.95 Å². The van der Waals surface area contributed by atoms with Crippen LogP contribution in [0.2, 0.25) is 0 Å². The van der Waals surface area contributed by atoms with Gasteiger partial charge in [0.1, 0.15) is 0 Å². The molecule has 33 heavy (non-hydrogen) atoms. The highest BCUT2D eigenvalue weighted by atomic mass is 32.2. The van der Waals surface area contributed by atoms with Gasteiger partial charge in [-0.3, -0.25) is 10.1 Å². The molecule has 0 bridgehead atoms. The van der Waals surface area contributed by atoms with Crippen molar-refractivity contribution in [1.82, 2.24) is 18.9 Å². The summed E-state index contributed by atoms with van der Waals surface area (Å²) >= 11 is 1.03. The topological polar surface area (TPSA) is 107 Å². The number of amides is 1. The van der Waals surface area contributed by atoms with E-state index in [4.69, 9.17) is 0 Å². The molecule has 2 aromatic heterocycles. The Morgan fingerprint density at radius 2 is 1.64 bits per heavy atom. The fourth-order valence-corrected chi connectivity index (χ4v) is 5.94. The second-order valence-corrected chi connectivity index (χ2v) is 9.80. The van der Waals surface area contributed by atoms with Crippen LogP contribution in [0.15, 0.2) is 95.2 Å². The van der Waals surface area contributed by atoms with Crippen molar-refractivity contribution < 1.29 is 13.2 Å². The SMILES string of the molecule is O=C(CSc1nc2ccccc2n1S(=O)(=O)c1ccc2ccccc2c1)Nc1ncccn1. The molecule has 0 radical (unpaired) electrons. The number of fused-ring (bicyclic) bond motifs is 2. The lowest BCUT2D eigenvalue weighted by molar-refractivity contribution is -0.113. The van der Waals surface area contributed by atoms with Crippen LogP contribution in [0, 0.1) is 0 Å². The summed E-state index contributed by atoms with van der Waals surface area (Å²) in [6.07, 6.45) is 3.04. The first kappa shape index (κ1) is 21.1. The molecule has 0 aliphatic heterocycles. The van der Waals surface area contributed by atoms with Gasteiger partial charge in [0.15, 0.2) is 5.16 Å². The first-order chi connectivity index (χ1) is 16.0. The lowest BCUT2D eigenvalue weighted by Gasteiger charge is -2.11. The summed E-state index contributed by atoms with van der Waals surface area (Å²) in [6, 6.07) is 21.2. The van der Waals surface area contributed by atoms with Crippen LogP contribution >= 0.6 is 11.8 Å². The maximum Gasteiger partial charge on any atom is 0.270 e. The Morgan fingerprint density at radius 3 is 2.45 bits per heavy atom. The predicted molar refractivity (Wildman–Crippen MR) is 128 cm³/mol. The molecule has 8 nitrogen and oxygen atoms in total. The van der Waals surface area contributed by atoms with E-state index in [9.17, 15) is 13.2 Å². The van der Waals surface area contributed by atoms with E-state index < -0.39 is 10.0 Å². The van der Waals surface area contributed by atoms with Gasteiger partial charge in [-0.15, -0.1) is 0 Å². The number of rotatable bonds is 6. The molecule has 164 valence electrons. The molecule has 1 amide bonds. The molecular formula is C23H17N5O3S2. The van der Waals surface area contributed by atoms with Crippen LogP contribution in [0.5, 0.6) is 0 Å². The maximum absolute atomic E-state index is 13.7. The van der Waals surface area contributed by atoms with Gasteiger partial charge in [-0.25, -0.2) is 27.3 Å². The highest BCUT2D eigenvalue weighted by Crippen LogP contribution is 2.30. The van der Waals surface area contributed by atoms with E-state index in [2.05, 4.69) is 20.3 Å². The third-order valence-electron chi connectivity index (χ3n) is 4.90. The molecule has 0 spiro atoms. The molecule has 1 N–H and O–H groups in total. The molecule has 3 aromatic carbocycles. The highest BCUT2D eigenvalue weighted by molar-refractivity contribution is 8.00. The molecule has 0 saturated heterocycles. The molecule has 0 aliphatic rings. The van der Waals surface area contributed by atoms with Gasteiger partial charge >= 0.3 is 0 Å². The van der Waals surface area contributed by atoms with Gasteiger partial charge in [0.2, 0.25) is 11.9 Å². The number of hydrogen-bond donors (Lipinski definition) is 1. The molecule has 2 heterocycles. The molecule has 0 saturated carbocycles. The molecular weight excluding hydrogens is 458 g/mol. The van der Waals surface area contributed by atoms with E-state index in [1.165, 1.54) is 16.4 Å². The molecule has 0 aliphatic carbocycles. The molecule has 5 aromatic rings. The van der Waals surface area contributed by atoms with E-state index in [1.807, 2.05) is 24.3 Å². The van der Waals surface area contributed by atoms with Gasteiger partial charge in [-0.05, 0) is 41.1 Å². The normalized spacial score (nSPS) is 11.6. The van der Waals surface area contributed by atoms with Crippen molar-refractivity contribution in [3.8, 4) is 0 Å². The van der Waals surface area contributed by atoms with Crippen LogP contribution in [-0.4, -0.2) is 39.0 Å². The summed E-state index contributed by atoms with van der Waals surface area (Å²) in [5.74, 6) is -0.247. The number of benzene rings is 3. The van der Waals surface area contributed by atoms with Crippen LogP contribution in [0.1, 0.15) is 0 Å². The lowest BCUT2D eigenvalue weighted by atomic mass is 10.1. The van der Waals surface area contributed by atoms with Gasteiger partial charge in [0.05, 0.1) is 21.7 Å². The van der Waals surface area contributed by atoms with Crippen LogP contribution in [0.3, 0.4) is 0 Å². The number of para-hydroxylation sites is 2. The number of thioether (sulfide) groups is 1. The van der Waals surface area contributed by atoms with Crippen LogP contribution in [-0.2, 0) is 14.8 Å². The summed E-state index contributed by atoms with van der Waals surface area (Å²) < 4.78 is 28.6. The number of imidazole rings is 1. The zero-order valence-corrected chi connectivity index (χ0v) is 18.8. The number of hydrogen-bond acceptors (Lipinski definition) is 7. The van der Waals surface area contributed by atoms with Crippen molar-refractivity contribution in [1.29, 1.82) is 0 Å². The average molecular weight is 476 g/mol. The fraction of sp³-hybridized carbons (Fsp3) is 0.0435. The quantitative estimate of drug-likeness (QED) is 0.371. The number of carbonyl (C=O) groups is 1. The minimum atomic E-state index is -3.97.